The molecule has 0 radical (unpaired) electrons. The van der Waals surface area contributed by atoms with Crippen molar-refractivity contribution in [1.82, 2.24) is 10.3 Å². The molecule has 4 aromatic rings. The number of nitrogens with zero attached hydrogens (tertiary/aromatic N) is 1. The molecule has 33 heavy (non-hydrogen) atoms. The second-order valence-electron chi connectivity index (χ2n) is 7.63. The monoisotopic (exact) mass is 480 g/mol. The molecule has 0 aliphatic rings. The lowest BCUT2D eigenvalue weighted by Gasteiger charge is -2.11. The molecule has 0 atom stereocenters. The van der Waals surface area contributed by atoms with Gasteiger partial charge in [0, 0.05) is 18.9 Å². The van der Waals surface area contributed by atoms with Crippen LogP contribution >= 0.6 is 11.3 Å². The Bertz CT molecular complexity index is 1360. The lowest BCUT2D eigenvalue weighted by molar-refractivity contribution is 0.0955. The Hall–Kier alpha value is -3.23. The maximum atomic E-state index is 13.1. The summed E-state index contributed by atoms with van der Waals surface area (Å²) in [6.07, 6.45) is 4.32. The van der Waals surface area contributed by atoms with Crippen molar-refractivity contribution in [2.75, 3.05) is 6.61 Å². The van der Waals surface area contributed by atoms with Gasteiger partial charge in [-0.25, -0.2) is 8.42 Å². The summed E-state index contributed by atoms with van der Waals surface area (Å²) in [6, 6.07) is 15.3. The van der Waals surface area contributed by atoms with E-state index in [9.17, 15) is 13.2 Å². The first-order valence-electron chi connectivity index (χ1n) is 10.6. The van der Waals surface area contributed by atoms with Gasteiger partial charge in [-0.15, -0.1) is 11.3 Å². The summed E-state index contributed by atoms with van der Waals surface area (Å²) < 4.78 is 32.8. The molecule has 0 unspecified atom stereocenters. The number of fused-ring (bicyclic) bond motifs is 1. The number of ether oxygens (including phenoxy) is 1. The van der Waals surface area contributed by atoms with Crippen LogP contribution in [0.15, 0.2) is 76.8 Å². The molecule has 0 aliphatic carbocycles. The molecule has 4 rings (SSSR count). The van der Waals surface area contributed by atoms with Gasteiger partial charge in [-0.2, -0.15) is 0 Å². The van der Waals surface area contributed by atoms with Gasteiger partial charge in [-0.3, -0.25) is 9.78 Å². The molecule has 2 aromatic carbocycles. The van der Waals surface area contributed by atoms with E-state index in [1.165, 1.54) is 11.3 Å². The Kier molecular flexibility index (Phi) is 6.76. The van der Waals surface area contributed by atoms with Crippen molar-refractivity contribution >= 4 is 37.2 Å². The highest BCUT2D eigenvalue weighted by atomic mass is 32.2. The lowest BCUT2D eigenvalue weighted by atomic mass is 10.2. The quantitative estimate of drug-likeness (QED) is 0.377. The molecule has 0 saturated heterocycles. The zero-order valence-electron chi connectivity index (χ0n) is 18.4. The number of benzene rings is 2. The van der Waals surface area contributed by atoms with Gasteiger partial charge in [-0.1, -0.05) is 19.1 Å². The summed E-state index contributed by atoms with van der Waals surface area (Å²) >= 11 is 1.39. The molecule has 0 fully saturated rings. The summed E-state index contributed by atoms with van der Waals surface area (Å²) in [5.74, 6) is 0.489. The van der Waals surface area contributed by atoms with E-state index in [0.29, 0.717) is 29.3 Å². The van der Waals surface area contributed by atoms with Gasteiger partial charge in [0.05, 0.1) is 26.0 Å². The standard InChI is InChI=1S/C25H24N2O4S2/c1-3-12-31-20-6-9-24(17(2)13-20)33(29,30)21-7-4-18(5-8-21)15-27-25(28)22-14-19-10-11-26-16-23(19)32-22/h4-11,13-14,16H,3,12,15H2,1-2H3,(H,27,28). The van der Waals surface area contributed by atoms with Crippen LogP contribution in [0.3, 0.4) is 0 Å². The first-order valence-corrected chi connectivity index (χ1v) is 12.9. The van der Waals surface area contributed by atoms with Gasteiger partial charge in [0.2, 0.25) is 9.84 Å². The van der Waals surface area contributed by atoms with Crippen molar-refractivity contribution in [3.63, 3.8) is 0 Å². The van der Waals surface area contributed by atoms with Gasteiger partial charge in [0.1, 0.15) is 5.75 Å². The molecule has 1 N–H and O–H groups in total. The van der Waals surface area contributed by atoms with Crippen LogP contribution in [-0.4, -0.2) is 25.9 Å². The minimum Gasteiger partial charge on any atom is -0.494 e. The fourth-order valence-electron chi connectivity index (χ4n) is 3.41. The number of aryl methyl sites for hydroxylation is 1. The van der Waals surface area contributed by atoms with Crippen molar-refractivity contribution in [3.8, 4) is 5.75 Å². The van der Waals surface area contributed by atoms with E-state index in [4.69, 9.17) is 4.74 Å². The van der Waals surface area contributed by atoms with Crippen LogP contribution < -0.4 is 10.1 Å². The van der Waals surface area contributed by atoms with E-state index < -0.39 is 9.84 Å². The van der Waals surface area contributed by atoms with E-state index in [0.717, 1.165) is 22.1 Å². The molecular weight excluding hydrogens is 456 g/mol. The Labute approximate surface area is 197 Å². The molecule has 6 nitrogen and oxygen atoms in total. The minimum absolute atomic E-state index is 0.172. The third kappa shape index (κ3) is 5.07. The molecule has 0 bridgehead atoms. The number of aromatic nitrogens is 1. The van der Waals surface area contributed by atoms with E-state index in [2.05, 4.69) is 10.3 Å². The number of carbonyl (C=O) groups excluding carboxylic acids is 1. The highest BCUT2D eigenvalue weighted by Gasteiger charge is 2.20. The first-order chi connectivity index (χ1) is 15.9. The first kappa shape index (κ1) is 22.9. The maximum Gasteiger partial charge on any atom is 0.261 e. The SMILES string of the molecule is CCCOc1ccc(S(=O)(=O)c2ccc(CNC(=O)c3cc4ccncc4s3)cc2)c(C)c1. The average Bonchev–Trinajstić information content (AvgIpc) is 3.26. The molecule has 0 saturated carbocycles. The van der Waals surface area contributed by atoms with E-state index in [1.807, 2.05) is 19.1 Å². The van der Waals surface area contributed by atoms with Crippen molar-refractivity contribution in [2.45, 2.75) is 36.6 Å². The number of rotatable bonds is 8. The Morgan fingerprint density at radius 2 is 1.88 bits per heavy atom. The predicted molar refractivity (Wildman–Crippen MR) is 130 cm³/mol. The smallest absolute Gasteiger partial charge is 0.261 e. The molecule has 8 heteroatoms. The number of amides is 1. The van der Waals surface area contributed by atoms with Crippen LogP contribution in [0.5, 0.6) is 5.75 Å². The van der Waals surface area contributed by atoms with Crippen LogP contribution in [0, 0.1) is 6.92 Å². The maximum absolute atomic E-state index is 13.1. The minimum atomic E-state index is -3.66. The molecule has 0 spiro atoms. The van der Waals surface area contributed by atoms with E-state index in [1.54, 1.807) is 61.8 Å². The third-order valence-corrected chi connectivity index (χ3v) is 8.16. The number of thiophene rings is 1. The molecule has 170 valence electrons. The van der Waals surface area contributed by atoms with Crippen LogP contribution in [0.1, 0.15) is 34.1 Å². The number of hydrogen-bond acceptors (Lipinski definition) is 6. The molecule has 2 heterocycles. The Morgan fingerprint density at radius 1 is 1.09 bits per heavy atom. The second-order valence-corrected chi connectivity index (χ2v) is 10.6. The number of hydrogen-bond donors (Lipinski definition) is 1. The van der Waals surface area contributed by atoms with Gasteiger partial charge < -0.3 is 10.1 Å². The number of nitrogens with one attached hydrogen (secondary N) is 1. The lowest BCUT2D eigenvalue weighted by Crippen LogP contribution is -2.21. The van der Waals surface area contributed by atoms with Crippen LogP contribution in [0.4, 0.5) is 0 Å². The van der Waals surface area contributed by atoms with Crippen LogP contribution in [0.2, 0.25) is 0 Å². The van der Waals surface area contributed by atoms with Gasteiger partial charge in [0.25, 0.3) is 5.91 Å². The number of pyridine rings is 1. The molecule has 1 amide bonds. The second kappa shape index (κ2) is 9.72. The Balaban J connectivity index is 1.44. The molecular formula is C25H24N2O4S2. The summed E-state index contributed by atoms with van der Waals surface area (Å²) in [6.45, 7) is 4.67. The number of carbonyl (C=O) groups is 1. The van der Waals surface area contributed by atoms with Crippen LogP contribution in [0.25, 0.3) is 10.1 Å². The van der Waals surface area contributed by atoms with Crippen molar-refractivity contribution < 1.29 is 17.9 Å². The van der Waals surface area contributed by atoms with E-state index in [-0.39, 0.29) is 15.7 Å². The molecule has 2 aromatic heterocycles. The topological polar surface area (TPSA) is 85.4 Å². The van der Waals surface area contributed by atoms with Gasteiger partial charge in [-0.05, 0) is 72.3 Å². The van der Waals surface area contributed by atoms with Crippen molar-refractivity contribution in [1.29, 1.82) is 0 Å². The zero-order valence-corrected chi connectivity index (χ0v) is 20.0. The number of sulfone groups is 1. The highest BCUT2D eigenvalue weighted by Crippen LogP contribution is 2.27. The fraction of sp³-hybridized carbons (Fsp3) is 0.200. The highest BCUT2D eigenvalue weighted by molar-refractivity contribution is 7.91. The molecule has 0 aliphatic heterocycles. The zero-order chi connectivity index (χ0) is 23.4. The normalized spacial score (nSPS) is 11.5. The van der Waals surface area contributed by atoms with Crippen molar-refractivity contribution in [2.24, 2.45) is 0 Å². The summed E-state index contributed by atoms with van der Waals surface area (Å²) in [5, 5.41) is 3.87. The summed E-state index contributed by atoms with van der Waals surface area (Å²) in [4.78, 5) is 17.7. The third-order valence-electron chi connectivity index (χ3n) is 5.14. The van der Waals surface area contributed by atoms with Crippen molar-refractivity contribution in [3.05, 3.63) is 83.0 Å². The van der Waals surface area contributed by atoms with Gasteiger partial charge in [0.15, 0.2) is 0 Å². The Morgan fingerprint density at radius 3 is 2.58 bits per heavy atom. The fourth-order valence-corrected chi connectivity index (χ4v) is 5.84. The van der Waals surface area contributed by atoms with Crippen LogP contribution in [-0.2, 0) is 16.4 Å². The predicted octanol–water partition coefficient (Wildman–Crippen LogP) is 5.16. The average molecular weight is 481 g/mol. The summed E-state index contributed by atoms with van der Waals surface area (Å²) in [7, 11) is -3.66. The van der Waals surface area contributed by atoms with E-state index >= 15 is 0 Å². The summed E-state index contributed by atoms with van der Waals surface area (Å²) in [5.41, 5.74) is 1.45. The largest absolute Gasteiger partial charge is 0.494 e. The van der Waals surface area contributed by atoms with Gasteiger partial charge >= 0.3 is 0 Å².